The second-order valence-corrected chi connectivity index (χ2v) is 5.55. The number of rotatable bonds is 5. The normalized spacial score (nSPS) is 17.4. The van der Waals surface area contributed by atoms with Gasteiger partial charge >= 0.3 is 5.97 Å². The van der Waals surface area contributed by atoms with Crippen LogP contribution in [0.2, 0.25) is 0 Å². The highest BCUT2D eigenvalue weighted by molar-refractivity contribution is 5.90. The molecule has 0 saturated carbocycles. The molecule has 1 heterocycles. The van der Waals surface area contributed by atoms with Crippen LogP contribution in [0.15, 0.2) is 12.1 Å². The van der Waals surface area contributed by atoms with Crippen molar-refractivity contribution in [2.24, 2.45) is 0 Å². The molecule has 116 valence electrons. The number of nitrogen functional groups attached to an aromatic ring is 1. The molecule has 1 aromatic carbocycles. The highest BCUT2D eigenvalue weighted by Crippen LogP contribution is 2.23. The van der Waals surface area contributed by atoms with Gasteiger partial charge in [-0.2, -0.15) is 0 Å². The molecule has 0 amide bonds. The topological polar surface area (TPSA) is 78.6 Å². The molecule has 0 aliphatic carbocycles. The summed E-state index contributed by atoms with van der Waals surface area (Å²) in [5.41, 5.74) is 6.08. The van der Waals surface area contributed by atoms with Crippen LogP contribution >= 0.6 is 0 Å². The van der Waals surface area contributed by atoms with Gasteiger partial charge in [0.1, 0.15) is 5.82 Å². The minimum atomic E-state index is -1.31. The first kappa shape index (κ1) is 15.6. The SMILES string of the molecule is CC(CNc1cc(F)c(C(=O)O)cc1N)N1CCCCC1. The minimum Gasteiger partial charge on any atom is -0.478 e. The maximum atomic E-state index is 13.7. The van der Waals surface area contributed by atoms with Gasteiger partial charge in [-0.3, -0.25) is 4.90 Å². The molecule has 0 bridgehead atoms. The molecular weight excluding hydrogens is 273 g/mol. The van der Waals surface area contributed by atoms with Gasteiger partial charge in [0.25, 0.3) is 0 Å². The van der Waals surface area contributed by atoms with Crippen molar-refractivity contribution >= 4 is 17.3 Å². The van der Waals surface area contributed by atoms with Crippen LogP contribution in [0.1, 0.15) is 36.5 Å². The molecule has 2 rings (SSSR count). The van der Waals surface area contributed by atoms with Crippen LogP contribution in [0.5, 0.6) is 0 Å². The number of nitrogens with two attached hydrogens (primary N) is 1. The van der Waals surface area contributed by atoms with Crippen molar-refractivity contribution in [2.45, 2.75) is 32.2 Å². The predicted octanol–water partition coefficient (Wildman–Crippen LogP) is 2.39. The third-order valence-electron chi connectivity index (χ3n) is 3.97. The lowest BCUT2D eigenvalue weighted by atomic mass is 10.1. The monoisotopic (exact) mass is 295 g/mol. The Labute approximate surface area is 123 Å². The summed E-state index contributed by atoms with van der Waals surface area (Å²) in [6, 6.07) is 2.64. The van der Waals surface area contributed by atoms with E-state index < -0.39 is 17.3 Å². The van der Waals surface area contributed by atoms with E-state index >= 15 is 0 Å². The number of carbonyl (C=O) groups is 1. The van der Waals surface area contributed by atoms with Crippen molar-refractivity contribution in [3.8, 4) is 0 Å². The molecule has 1 fully saturated rings. The highest BCUT2D eigenvalue weighted by Gasteiger charge is 2.18. The number of nitrogens with one attached hydrogen (secondary N) is 1. The van der Waals surface area contributed by atoms with Gasteiger partial charge in [-0.15, -0.1) is 0 Å². The zero-order valence-electron chi connectivity index (χ0n) is 12.2. The zero-order chi connectivity index (χ0) is 15.4. The maximum Gasteiger partial charge on any atom is 0.338 e. The summed E-state index contributed by atoms with van der Waals surface area (Å²) in [5, 5.41) is 12.0. The molecular formula is C15H22FN3O2. The number of piperidine rings is 1. The summed E-state index contributed by atoms with van der Waals surface area (Å²) >= 11 is 0. The Morgan fingerprint density at radius 2 is 2.10 bits per heavy atom. The lowest BCUT2D eigenvalue weighted by Crippen LogP contribution is -2.41. The molecule has 1 aliphatic rings. The first-order valence-electron chi connectivity index (χ1n) is 7.29. The molecule has 1 aromatic rings. The van der Waals surface area contributed by atoms with Crippen LogP contribution < -0.4 is 11.1 Å². The van der Waals surface area contributed by atoms with E-state index in [9.17, 15) is 9.18 Å². The van der Waals surface area contributed by atoms with Crippen LogP contribution in [0, 0.1) is 5.82 Å². The van der Waals surface area contributed by atoms with E-state index in [4.69, 9.17) is 10.8 Å². The number of hydrogen-bond donors (Lipinski definition) is 3. The second-order valence-electron chi connectivity index (χ2n) is 5.55. The van der Waals surface area contributed by atoms with Crippen LogP contribution in [-0.4, -0.2) is 41.7 Å². The second kappa shape index (κ2) is 6.76. The predicted molar refractivity (Wildman–Crippen MR) is 81.1 cm³/mol. The van der Waals surface area contributed by atoms with E-state index in [0.717, 1.165) is 25.2 Å². The summed E-state index contributed by atoms with van der Waals surface area (Å²) in [6.07, 6.45) is 3.72. The average molecular weight is 295 g/mol. The molecule has 1 unspecified atom stereocenters. The molecule has 1 atom stereocenters. The van der Waals surface area contributed by atoms with Gasteiger partial charge in [0.2, 0.25) is 0 Å². The van der Waals surface area contributed by atoms with E-state index in [0.29, 0.717) is 18.3 Å². The summed E-state index contributed by atoms with van der Waals surface area (Å²) in [7, 11) is 0. The molecule has 1 aliphatic heterocycles. The molecule has 0 aromatic heterocycles. The summed E-state index contributed by atoms with van der Waals surface area (Å²) in [5.74, 6) is -2.09. The van der Waals surface area contributed by atoms with Gasteiger partial charge in [0.15, 0.2) is 0 Å². The number of nitrogens with zero attached hydrogens (tertiary/aromatic N) is 1. The van der Waals surface area contributed by atoms with Gasteiger partial charge < -0.3 is 16.2 Å². The van der Waals surface area contributed by atoms with E-state index in [1.54, 1.807) is 0 Å². The number of halogens is 1. The Balaban J connectivity index is 1.99. The van der Waals surface area contributed by atoms with Gasteiger partial charge in [-0.25, -0.2) is 9.18 Å². The molecule has 0 radical (unpaired) electrons. The highest BCUT2D eigenvalue weighted by atomic mass is 19.1. The fourth-order valence-corrected chi connectivity index (χ4v) is 2.65. The molecule has 21 heavy (non-hydrogen) atoms. The standard InChI is InChI=1S/C15H22FN3O2/c1-10(19-5-3-2-4-6-19)9-18-14-8-12(16)11(15(20)21)7-13(14)17/h7-8,10,18H,2-6,9,17H2,1H3,(H,20,21). The van der Waals surface area contributed by atoms with E-state index in [1.165, 1.54) is 19.3 Å². The van der Waals surface area contributed by atoms with Crippen molar-refractivity contribution in [1.29, 1.82) is 0 Å². The van der Waals surface area contributed by atoms with Crippen molar-refractivity contribution < 1.29 is 14.3 Å². The van der Waals surface area contributed by atoms with Gasteiger partial charge in [-0.05, 0) is 45.0 Å². The third kappa shape index (κ3) is 3.85. The van der Waals surface area contributed by atoms with Crippen LogP contribution in [0.4, 0.5) is 15.8 Å². The summed E-state index contributed by atoms with van der Waals surface area (Å²) in [6.45, 7) is 4.95. The summed E-state index contributed by atoms with van der Waals surface area (Å²) in [4.78, 5) is 13.2. The number of carboxylic acid groups (broad SMARTS) is 1. The number of aromatic carboxylic acids is 1. The first-order valence-corrected chi connectivity index (χ1v) is 7.29. The van der Waals surface area contributed by atoms with Crippen LogP contribution in [0.25, 0.3) is 0 Å². The van der Waals surface area contributed by atoms with Crippen LogP contribution in [0.3, 0.4) is 0 Å². The van der Waals surface area contributed by atoms with E-state index in [-0.39, 0.29) is 5.69 Å². The largest absolute Gasteiger partial charge is 0.478 e. The van der Waals surface area contributed by atoms with Gasteiger partial charge in [0, 0.05) is 12.6 Å². The molecule has 5 nitrogen and oxygen atoms in total. The number of anilines is 2. The average Bonchev–Trinajstić information content (AvgIpc) is 2.48. The molecule has 1 saturated heterocycles. The molecule has 0 spiro atoms. The maximum absolute atomic E-state index is 13.7. The number of likely N-dealkylation sites (tertiary alicyclic amines) is 1. The van der Waals surface area contributed by atoms with E-state index in [1.807, 2.05) is 0 Å². The van der Waals surface area contributed by atoms with Crippen LogP contribution in [-0.2, 0) is 0 Å². The number of benzene rings is 1. The van der Waals surface area contributed by atoms with Crippen molar-refractivity contribution in [3.05, 3.63) is 23.5 Å². The Kier molecular flexibility index (Phi) is 5.01. The minimum absolute atomic E-state index is 0.250. The van der Waals surface area contributed by atoms with Crippen molar-refractivity contribution in [2.75, 3.05) is 30.7 Å². The Bertz CT molecular complexity index is 516. The fraction of sp³-hybridized carbons (Fsp3) is 0.533. The lowest BCUT2D eigenvalue weighted by molar-refractivity contribution is 0.0692. The molecule has 4 N–H and O–H groups in total. The van der Waals surface area contributed by atoms with Crippen molar-refractivity contribution in [3.63, 3.8) is 0 Å². The Hall–Kier alpha value is -1.82. The fourth-order valence-electron chi connectivity index (χ4n) is 2.65. The molecule has 6 heteroatoms. The number of carboxylic acids is 1. The summed E-state index contributed by atoms with van der Waals surface area (Å²) < 4.78 is 13.7. The Morgan fingerprint density at radius 1 is 1.43 bits per heavy atom. The third-order valence-corrected chi connectivity index (χ3v) is 3.97. The van der Waals surface area contributed by atoms with Gasteiger partial charge in [0.05, 0.1) is 16.9 Å². The Morgan fingerprint density at radius 3 is 2.71 bits per heavy atom. The lowest BCUT2D eigenvalue weighted by Gasteiger charge is -2.32. The zero-order valence-corrected chi connectivity index (χ0v) is 12.2. The quantitative estimate of drug-likeness (QED) is 0.727. The number of hydrogen-bond acceptors (Lipinski definition) is 4. The smallest absolute Gasteiger partial charge is 0.338 e. The van der Waals surface area contributed by atoms with Gasteiger partial charge in [-0.1, -0.05) is 6.42 Å². The van der Waals surface area contributed by atoms with Crippen molar-refractivity contribution in [1.82, 2.24) is 4.90 Å². The first-order chi connectivity index (χ1) is 9.99. The van der Waals surface area contributed by atoms with E-state index in [2.05, 4.69) is 17.1 Å².